The normalized spacial score (nSPS) is 17.6. The van der Waals surface area contributed by atoms with Crippen molar-refractivity contribution in [1.82, 2.24) is 10.3 Å². The number of nitrogens with zero attached hydrogens (tertiary/aromatic N) is 2. The molecule has 0 saturated carbocycles. The molecule has 0 aliphatic carbocycles. The predicted octanol–water partition coefficient (Wildman–Crippen LogP) is 1.70. The number of thioether (sulfide) groups is 1. The zero-order chi connectivity index (χ0) is 14.7. The summed E-state index contributed by atoms with van der Waals surface area (Å²) in [5.74, 6) is 0.350. The van der Waals surface area contributed by atoms with E-state index in [1.165, 1.54) is 30.6 Å². The van der Waals surface area contributed by atoms with Crippen LogP contribution in [-0.4, -0.2) is 29.1 Å². The summed E-state index contributed by atoms with van der Waals surface area (Å²) in [7, 11) is 1.60. The van der Waals surface area contributed by atoms with Crippen LogP contribution in [-0.2, 0) is 9.59 Å². The number of ether oxygens (including phenoxy) is 1. The van der Waals surface area contributed by atoms with Crippen LogP contribution < -0.4 is 10.1 Å². The maximum absolute atomic E-state index is 11.7. The van der Waals surface area contributed by atoms with Gasteiger partial charge in [0.2, 0.25) is 11.8 Å². The van der Waals surface area contributed by atoms with Gasteiger partial charge in [-0.1, -0.05) is 23.9 Å². The van der Waals surface area contributed by atoms with E-state index in [2.05, 4.69) is 10.4 Å². The fourth-order valence-corrected chi connectivity index (χ4v) is 2.89. The van der Waals surface area contributed by atoms with E-state index in [4.69, 9.17) is 4.74 Å². The largest absolute Gasteiger partial charge is 0.497 e. The Labute approximate surface area is 121 Å². The van der Waals surface area contributed by atoms with Gasteiger partial charge in [-0.05, 0) is 17.7 Å². The number of amidine groups is 1. The average molecular weight is 293 g/mol. The second kappa shape index (κ2) is 5.96. The van der Waals surface area contributed by atoms with Crippen molar-refractivity contribution in [2.75, 3.05) is 7.11 Å². The molecule has 1 unspecified atom stereocenters. The lowest BCUT2D eigenvalue weighted by Gasteiger charge is -2.19. The second-order valence-corrected chi connectivity index (χ2v) is 5.26. The molecule has 1 heterocycles. The number of carbonyl (C=O) groups is 2. The lowest BCUT2D eigenvalue weighted by molar-refractivity contribution is -0.129. The average Bonchev–Trinajstić information content (AvgIpc) is 2.82. The van der Waals surface area contributed by atoms with Gasteiger partial charge in [-0.15, -0.1) is 5.10 Å². The quantitative estimate of drug-likeness (QED) is 0.901. The Morgan fingerprint density at radius 3 is 2.45 bits per heavy atom. The van der Waals surface area contributed by atoms with Gasteiger partial charge in [0.05, 0.1) is 7.11 Å². The number of methoxy groups -OCH3 is 1. The summed E-state index contributed by atoms with van der Waals surface area (Å²) in [5, 5.41) is 8.24. The third-order valence-corrected chi connectivity index (χ3v) is 3.75. The minimum absolute atomic E-state index is 0.182. The van der Waals surface area contributed by atoms with Crippen LogP contribution in [0.25, 0.3) is 0 Å². The molecule has 2 amide bonds. The third kappa shape index (κ3) is 3.11. The van der Waals surface area contributed by atoms with E-state index in [0.717, 1.165) is 11.3 Å². The zero-order valence-corrected chi connectivity index (χ0v) is 12.2. The number of hydrogen-bond acceptors (Lipinski definition) is 5. The van der Waals surface area contributed by atoms with Gasteiger partial charge in [0.15, 0.2) is 5.17 Å². The molecule has 1 aromatic carbocycles. The minimum atomic E-state index is -0.278. The molecule has 106 valence electrons. The monoisotopic (exact) mass is 293 g/mol. The highest BCUT2D eigenvalue weighted by Gasteiger charge is 2.32. The van der Waals surface area contributed by atoms with Gasteiger partial charge in [0.1, 0.15) is 11.1 Å². The van der Waals surface area contributed by atoms with E-state index in [0.29, 0.717) is 5.17 Å². The van der Waals surface area contributed by atoms with Crippen molar-refractivity contribution in [3.63, 3.8) is 0 Å². The van der Waals surface area contributed by atoms with Gasteiger partial charge < -0.3 is 10.1 Å². The van der Waals surface area contributed by atoms with Crippen LogP contribution in [0.2, 0.25) is 0 Å². The molecule has 6 nitrogen and oxygen atoms in total. The minimum Gasteiger partial charge on any atom is -0.497 e. The zero-order valence-electron chi connectivity index (χ0n) is 11.4. The topological polar surface area (TPSA) is 71.0 Å². The van der Waals surface area contributed by atoms with Crippen LogP contribution in [0.4, 0.5) is 0 Å². The van der Waals surface area contributed by atoms with Crippen LogP contribution in [0.5, 0.6) is 5.75 Å². The molecular formula is C13H15N3O3S. The summed E-state index contributed by atoms with van der Waals surface area (Å²) >= 11 is 1.32. The van der Waals surface area contributed by atoms with E-state index in [9.17, 15) is 9.59 Å². The number of hydrazone groups is 1. The maximum Gasteiger partial charge on any atom is 0.241 e. The first kappa shape index (κ1) is 14.4. The lowest BCUT2D eigenvalue weighted by atomic mass is 10.2. The fraction of sp³-hybridized carbons (Fsp3) is 0.308. The molecule has 7 heteroatoms. The summed E-state index contributed by atoms with van der Waals surface area (Å²) in [6, 6.07) is 7.40. The Balaban J connectivity index is 2.22. The van der Waals surface area contributed by atoms with Crippen LogP contribution in [0.3, 0.4) is 0 Å². The highest BCUT2D eigenvalue weighted by Crippen LogP contribution is 2.38. The number of hydrogen-bond donors (Lipinski definition) is 1. The first-order valence-electron chi connectivity index (χ1n) is 5.98. The van der Waals surface area contributed by atoms with Gasteiger partial charge in [-0.25, -0.2) is 5.01 Å². The third-order valence-electron chi connectivity index (χ3n) is 2.65. The van der Waals surface area contributed by atoms with Gasteiger partial charge in [-0.3, -0.25) is 9.59 Å². The first-order valence-corrected chi connectivity index (χ1v) is 6.86. The molecule has 0 bridgehead atoms. The number of carbonyl (C=O) groups excluding carboxylic acids is 2. The molecular weight excluding hydrogens is 278 g/mol. The van der Waals surface area contributed by atoms with E-state index in [1.807, 2.05) is 24.3 Å². The molecule has 1 atom stereocenters. The molecule has 2 rings (SSSR count). The van der Waals surface area contributed by atoms with Gasteiger partial charge in [0, 0.05) is 13.8 Å². The SMILES string of the molecule is COc1ccc(C2SC(NC(C)=O)=NN2C(C)=O)cc1. The molecule has 0 saturated heterocycles. The molecule has 0 aromatic heterocycles. The molecule has 0 spiro atoms. The predicted molar refractivity (Wildman–Crippen MR) is 77.1 cm³/mol. The highest BCUT2D eigenvalue weighted by molar-refractivity contribution is 8.14. The summed E-state index contributed by atoms with van der Waals surface area (Å²) in [5.41, 5.74) is 0.912. The maximum atomic E-state index is 11.7. The van der Waals surface area contributed by atoms with Crippen LogP contribution in [0.1, 0.15) is 24.8 Å². The molecule has 20 heavy (non-hydrogen) atoms. The molecule has 1 aliphatic heterocycles. The Morgan fingerprint density at radius 2 is 1.95 bits per heavy atom. The van der Waals surface area contributed by atoms with E-state index in [1.54, 1.807) is 7.11 Å². The Morgan fingerprint density at radius 1 is 1.30 bits per heavy atom. The smallest absolute Gasteiger partial charge is 0.241 e. The van der Waals surface area contributed by atoms with Gasteiger partial charge >= 0.3 is 0 Å². The standard InChI is InChI=1S/C13H15N3O3S/c1-8(17)14-13-15-16(9(2)18)12(20-13)10-4-6-11(19-3)7-5-10/h4-7,12H,1-3H3,(H,14,15,17). The molecule has 1 aliphatic rings. The molecule has 0 radical (unpaired) electrons. The van der Waals surface area contributed by atoms with Crippen LogP contribution >= 0.6 is 11.8 Å². The van der Waals surface area contributed by atoms with Crippen molar-refractivity contribution in [2.45, 2.75) is 19.2 Å². The lowest BCUT2D eigenvalue weighted by Crippen LogP contribution is -2.25. The summed E-state index contributed by atoms with van der Waals surface area (Å²) < 4.78 is 5.11. The van der Waals surface area contributed by atoms with E-state index < -0.39 is 0 Å². The van der Waals surface area contributed by atoms with Gasteiger partial charge in [0.25, 0.3) is 0 Å². The highest BCUT2D eigenvalue weighted by atomic mass is 32.2. The van der Waals surface area contributed by atoms with Crippen molar-refractivity contribution < 1.29 is 14.3 Å². The number of rotatable bonds is 2. The van der Waals surface area contributed by atoms with Crippen molar-refractivity contribution in [3.05, 3.63) is 29.8 Å². The summed E-state index contributed by atoms with van der Waals surface area (Å²) in [4.78, 5) is 22.7. The number of amides is 2. The van der Waals surface area contributed by atoms with Crippen molar-refractivity contribution >= 4 is 28.7 Å². The van der Waals surface area contributed by atoms with Crippen LogP contribution in [0, 0.1) is 0 Å². The van der Waals surface area contributed by atoms with Crippen molar-refractivity contribution in [2.24, 2.45) is 5.10 Å². The van der Waals surface area contributed by atoms with Crippen molar-refractivity contribution in [1.29, 1.82) is 0 Å². The second-order valence-electron chi connectivity index (χ2n) is 4.19. The molecule has 1 aromatic rings. The number of nitrogens with one attached hydrogen (secondary N) is 1. The van der Waals surface area contributed by atoms with Crippen molar-refractivity contribution in [3.8, 4) is 5.75 Å². The Hall–Kier alpha value is -2.02. The molecule has 0 fully saturated rings. The van der Waals surface area contributed by atoms with E-state index >= 15 is 0 Å². The Kier molecular flexibility index (Phi) is 4.29. The first-order chi connectivity index (χ1) is 9.51. The van der Waals surface area contributed by atoms with E-state index in [-0.39, 0.29) is 17.2 Å². The fourth-order valence-electron chi connectivity index (χ4n) is 1.75. The molecule has 1 N–H and O–H groups in total. The summed E-state index contributed by atoms with van der Waals surface area (Å²) in [6.07, 6.45) is 0. The Bertz CT molecular complexity index is 556. The summed E-state index contributed by atoms with van der Waals surface area (Å²) in [6.45, 7) is 2.85. The van der Waals surface area contributed by atoms with Crippen LogP contribution in [0.15, 0.2) is 29.4 Å². The van der Waals surface area contributed by atoms with Gasteiger partial charge in [-0.2, -0.15) is 0 Å². The number of benzene rings is 1.